The second-order valence-electron chi connectivity index (χ2n) is 6.91. The van der Waals surface area contributed by atoms with Crippen molar-refractivity contribution in [3.63, 3.8) is 0 Å². The number of ether oxygens (including phenoxy) is 1. The molecule has 3 rings (SSSR count). The maximum atomic E-state index is 12.4. The van der Waals surface area contributed by atoms with Crippen molar-refractivity contribution in [2.24, 2.45) is 11.8 Å². The lowest BCUT2D eigenvalue weighted by Gasteiger charge is -2.19. The first-order chi connectivity index (χ1) is 14.0. The van der Waals surface area contributed by atoms with Crippen LogP contribution in [0.3, 0.4) is 0 Å². The van der Waals surface area contributed by atoms with Crippen LogP contribution in [0.1, 0.15) is 25.7 Å². The van der Waals surface area contributed by atoms with Crippen LogP contribution in [0, 0.1) is 23.2 Å². The highest BCUT2D eigenvalue weighted by Gasteiger charge is 2.48. The van der Waals surface area contributed by atoms with Gasteiger partial charge in [-0.05, 0) is 25.0 Å². The lowest BCUT2D eigenvalue weighted by atomic mass is 9.81. The number of hydrogen-bond acceptors (Lipinski definition) is 7. The van der Waals surface area contributed by atoms with E-state index in [2.05, 4.69) is 5.32 Å². The number of likely N-dealkylation sites (tertiary alicyclic amines) is 1. The van der Waals surface area contributed by atoms with Crippen LogP contribution >= 0.6 is 11.8 Å². The molecule has 0 spiro atoms. The SMILES string of the molecule is N#CCSc1ccccc1NC(=O)COC(=O)CN1C(=O)[C@@H]2CCCC[C@H]2C1=O. The van der Waals surface area contributed by atoms with Crippen LogP contribution in [0.5, 0.6) is 0 Å². The zero-order valence-electron chi connectivity index (χ0n) is 15.8. The number of esters is 1. The quantitative estimate of drug-likeness (QED) is 0.411. The maximum Gasteiger partial charge on any atom is 0.326 e. The van der Waals surface area contributed by atoms with Crippen molar-refractivity contribution < 1.29 is 23.9 Å². The molecule has 2 atom stereocenters. The number of carbonyl (C=O) groups excluding carboxylic acids is 4. The summed E-state index contributed by atoms with van der Waals surface area (Å²) in [5, 5.41) is 11.3. The van der Waals surface area contributed by atoms with E-state index in [1.807, 2.05) is 6.07 Å². The van der Waals surface area contributed by atoms with Gasteiger partial charge in [0.05, 0.1) is 29.3 Å². The Balaban J connectivity index is 1.50. The Hall–Kier alpha value is -2.86. The number of thioether (sulfide) groups is 1. The summed E-state index contributed by atoms with van der Waals surface area (Å²) in [5.74, 6) is -2.38. The molecular weight excluding hydrogens is 394 g/mol. The molecule has 9 heteroatoms. The summed E-state index contributed by atoms with van der Waals surface area (Å²) in [6.07, 6.45) is 3.17. The largest absolute Gasteiger partial charge is 0.454 e. The normalized spacial score (nSPS) is 20.7. The molecule has 1 saturated heterocycles. The van der Waals surface area contributed by atoms with Crippen LogP contribution < -0.4 is 5.32 Å². The molecule has 1 heterocycles. The van der Waals surface area contributed by atoms with Gasteiger partial charge in [0.1, 0.15) is 6.54 Å². The molecule has 2 aliphatic rings. The van der Waals surface area contributed by atoms with Crippen molar-refractivity contribution in [3.05, 3.63) is 24.3 Å². The summed E-state index contributed by atoms with van der Waals surface area (Å²) >= 11 is 1.28. The molecule has 29 heavy (non-hydrogen) atoms. The molecule has 0 aromatic heterocycles. The smallest absolute Gasteiger partial charge is 0.326 e. The van der Waals surface area contributed by atoms with Gasteiger partial charge in [-0.25, -0.2) is 0 Å². The monoisotopic (exact) mass is 415 g/mol. The van der Waals surface area contributed by atoms with E-state index in [9.17, 15) is 19.2 Å². The van der Waals surface area contributed by atoms with Crippen molar-refractivity contribution in [1.29, 1.82) is 5.26 Å². The Morgan fingerprint density at radius 3 is 2.48 bits per heavy atom. The van der Waals surface area contributed by atoms with Crippen LogP contribution in [0.15, 0.2) is 29.2 Å². The van der Waals surface area contributed by atoms with Crippen LogP contribution in [-0.4, -0.2) is 47.5 Å². The summed E-state index contributed by atoms with van der Waals surface area (Å²) < 4.78 is 4.95. The zero-order valence-corrected chi connectivity index (χ0v) is 16.6. The second-order valence-corrected chi connectivity index (χ2v) is 7.93. The van der Waals surface area contributed by atoms with Crippen LogP contribution in [-0.2, 0) is 23.9 Å². The number of benzene rings is 1. The fourth-order valence-corrected chi connectivity index (χ4v) is 4.37. The molecule has 0 unspecified atom stereocenters. The van der Waals surface area contributed by atoms with E-state index in [4.69, 9.17) is 10.00 Å². The third-order valence-corrected chi connectivity index (χ3v) is 5.98. The Labute approximate surface area is 172 Å². The van der Waals surface area contributed by atoms with Crippen molar-refractivity contribution in [2.45, 2.75) is 30.6 Å². The number of nitrogens with zero attached hydrogens (tertiary/aromatic N) is 2. The van der Waals surface area contributed by atoms with Crippen molar-refractivity contribution in [3.8, 4) is 6.07 Å². The van der Waals surface area contributed by atoms with Crippen LogP contribution in [0.25, 0.3) is 0 Å². The number of para-hydroxylation sites is 1. The topological polar surface area (TPSA) is 117 Å². The number of anilines is 1. The zero-order chi connectivity index (χ0) is 20.8. The number of fused-ring (bicyclic) bond motifs is 1. The highest BCUT2D eigenvalue weighted by Crippen LogP contribution is 2.37. The van der Waals surface area contributed by atoms with E-state index in [0.29, 0.717) is 18.5 Å². The number of hydrogen-bond donors (Lipinski definition) is 1. The maximum absolute atomic E-state index is 12.4. The summed E-state index contributed by atoms with van der Waals surface area (Å²) in [4.78, 5) is 50.6. The van der Waals surface area contributed by atoms with Gasteiger partial charge in [-0.3, -0.25) is 24.1 Å². The molecule has 8 nitrogen and oxygen atoms in total. The summed E-state index contributed by atoms with van der Waals surface area (Å²) in [5.41, 5.74) is 0.516. The minimum Gasteiger partial charge on any atom is -0.454 e. The molecule has 1 N–H and O–H groups in total. The summed E-state index contributed by atoms with van der Waals surface area (Å²) in [7, 11) is 0. The van der Waals surface area contributed by atoms with Crippen LogP contribution in [0.2, 0.25) is 0 Å². The van der Waals surface area contributed by atoms with Gasteiger partial charge in [0, 0.05) is 4.90 Å². The second kappa shape index (κ2) is 9.56. The first-order valence-corrected chi connectivity index (χ1v) is 10.4. The average Bonchev–Trinajstić information content (AvgIpc) is 2.97. The van der Waals surface area contributed by atoms with E-state index in [0.717, 1.165) is 22.6 Å². The highest BCUT2D eigenvalue weighted by atomic mass is 32.2. The van der Waals surface area contributed by atoms with E-state index in [-0.39, 0.29) is 29.4 Å². The number of rotatable bonds is 7. The van der Waals surface area contributed by atoms with Crippen molar-refractivity contribution in [2.75, 3.05) is 24.2 Å². The Kier molecular flexibility index (Phi) is 6.88. The first kappa shape index (κ1) is 20.9. The molecule has 1 aliphatic carbocycles. The minimum atomic E-state index is -0.798. The van der Waals surface area contributed by atoms with E-state index < -0.39 is 25.0 Å². The van der Waals surface area contributed by atoms with Crippen molar-refractivity contribution in [1.82, 2.24) is 4.90 Å². The standard InChI is InChI=1S/C20H21N3O5S/c21-9-10-29-16-8-4-3-7-15(16)22-17(24)12-28-18(25)11-23-19(26)13-5-1-2-6-14(13)20(23)27/h3-4,7-8,13-14H,1-2,5-6,10-12H2,(H,22,24)/t13-,14-/m1/s1. The highest BCUT2D eigenvalue weighted by molar-refractivity contribution is 7.99. The molecule has 0 radical (unpaired) electrons. The molecule has 3 amide bonds. The number of imide groups is 1. The van der Waals surface area contributed by atoms with Gasteiger partial charge in [0.25, 0.3) is 5.91 Å². The number of nitrogens with one attached hydrogen (secondary N) is 1. The molecule has 2 fully saturated rings. The fraction of sp³-hybridized carbons (Fsp3) is 0.450. The van der Waals surface area contributed by atoms with Gasteiger partial charge in [-0.1, -0.05) is 25.0 Å². The molecule has 1 aliphatic heterocycles. The van der Waals surface area contributed by atoms with E-state index in [1.165, 1.54) is 11.8 Å². The lowest BCUT2D eigenvalue weighted by molar-refractivity contribution is -0.154. The summed E-state index contributed by atoms with van der Waals surface area (Å²) in [6.45, 7) is -0.994. The van der Waals surface area contributed by atoms with Gasteiger partial charge >= 0.3 is 5.97 Å². The van der Waals surface area contributed by atoms with E-state index >= 15 is 0 Å². The van der Waals surface area contributed by atoms with Gasteiger partial charge in [-0.15, -0.1) is 11.8 Å². The average molecular weight is 415 g/mol. The van der Waals surface area contributed by atoms with Gasteiger partial charge in [0.2, 0.25) is 11.8 Å². The number of amides is 3. The summed E-state index contributed by atoms with van der Waals surface area (Å²) in [6, 6.07) is 9.00. The minimum absolute atomic E-state index is 0.238. The van der Waals surface area contributed by atoms with E-state index in [1.54, 1.807) is 24.3 Å². The Morgan fingerprint density at radius 1 is 1.17 bits per heavy atom. The molecule has 1 saturated carbocycles. The van der Waals surface area contributed by atoms with Gasteiger partial charge < -0.3 is 10.1 Å². The molecule has 152 valence electrons. The van der Waals surface area contributed by atoms with Crippen LogP contribution in [0.4, 0.5) is 5.69 Å². The van der Waals surface area contributed by atoms with Gasteiger partial charge in [-0.2, -0.15) is 5.26 Å². The van der Waals surface area contributed by atoms with Crippen molar-refractivity contribution >= 4 is 41.1 Å². The Morgan fingerprint density at radius 2 is 1.83 bits per heavy atom. The molecule has 1 aromatic carbocycles. The Bertz CT molecular complexity index is 842. The molecule has 0 bridgehead atoms. The predicted octanol–water partition coefficient (Wildman–Crippen LogP) is 1.96. The lowest BCUT2D eigenvalue weighted by Crippen LogP contribution is -2.37. The third-order valence-electron chi connectivity index (χ3n) is 5.04. The number of nitriles is 1. The third kappa shape index (κ3) is 4.95. The number of carbonyl (C=O) groups is 4. The molecule has 1 aromatic rings. The molecular formula is C20H21N3O5S. The van der Waals surface area contributed by atoms with Gasteiger partial charge in [0.15, 0.2) is 6.61 Å². The fourth-order valence-electron chi connectivity index (χ4n) is 3.70. The predicted molar refractivity (Wildman–Crippen MR) is 105 cm³/mol. The first-order valence-electron chi connectivity index (χ1n) is 9.40.